The first kappa shape index (κ1) is 23.6. The van der Waals surface area contributed by atoms with Gasteiger partial charge in [0.15, 0.2) is 17.4 Å². The number of aryl methyl sites for hydroxylation is 1. The van der Waals surface area contributed by atoms with Crippen LogP contribution in [0, 0.1) is 36.1 Å². The Morgan fingerprint density at radius 2 is 1.91 bits per heavy atom. The van der Waals surface area contributed by atoms with Crippen molar-refractivity contribution in [2.24, 2.45) is 5.92 Å². The number of methoxy groups -OCH3 is 1. The molecular weight excluding hydrogens is 454 g/mol. The second-order valence-electron chi connectivity index (χ2n) is 8.11. The summed E-state index contributed by atoms with van der Waals surface area (Å²) in [7, 11) is 1.50. The fourth-order valence-corrected chi connectivity index (χ4v) is 3.90. The van der Waals surface area contributed by atoms with Crippen LogP contribution in [0.15, 0.2) is 42.6 Å². The summed E-state index contributed by atoms with van der Waals surface area (Å²) in [5.74, 6) is -4.25. The Bertz CT molecular complexity index is 1240. The Morgan fingerprint density at radius 3 is 2.62 bits per heavy atom. The summed E-state index contributed by atoms with van der Waals surface area (Å²) in [6, 6.07) is 6.17. The molecular formula is C24H21F4N3O3. The standard InChI is InChI=1S/C24H21F4N3O3/c1-13-29-10-22(21(30-13)11-33-2)34-12-24(14-3-5-17(26)18(27)7-14)9-16(24)23(32)31-20-6-4-15(25)8-19(20)28/h3-8,10,16H,9,11-12H2,1-2H3,(H,31,32). The number of ether oxygens (including phenoxy) is 2. The summed E-state index contributed by atoms with van der Waals surface area (Å²) in [6.07, 6.45) is 1.71. The maximum atomic E-state index is 14.0. The fraction of sp³-hybridized carbons (Fsp3) is 0.292. The molecule has 1 aliphatic carbocycles. The fourth-order valence-electron chi connectivity index (χ4n) is 3.90. The van der Waals surface area contributed by atoms with Crippen molar-refractivity contribution >= 4 is 11.6 Å². The van der Waals surface area contributed by atoms with Gasteiger partial charge < -0.3 is 14.8 Å². The van der Waals surface area contributed by atoms with Crippen molar-refractivity contribution in [3.8, 4) is 5.75 Å². The molecule has 6 nitrogen and oxygen atoms in total. The third kappa shape index (κ3) is 4.72. The van der Waals surface area contributed by atoms with Crippen LogP contribution in [0.3, 0.4) is 0 Å². The molecule has 1 amide bonds. The van der Waals surface area contributed by atoms with Crippen molar-refractivity contribution in [3.05, 3.63) is 82.9 Å². The van der Waals surface area contributed by atoms with Gasteiger partial charge in [0.1, 0.15) is 23.2 Å². The molecule has 1 fully saturated rings. The van der Waals surface area contributed by atoms with Gasteiger partial charge >= 0.3 is 0 Å². The highest BCUT2D eigenvalue weighted by Gasteiger charge is 2.60. The van der Waals surface area contributed by atoms with Crippen LogP contribution in [0.4, 0.5) is 23.2 Å². The van der Waals surface area contributed by atoms with E-state index in [1.165, 1.54) is 19.4 Å². The first-order valence-corrected chi connectivity index (χ1v) is 10.4. The van der Waals surface area contributed by atoms with Crippen molar-refractivity contribution in [2.75, 3.05) is 19.0 Å². The van der Waals surface area contributed by atoms with Crippen molar-refractivity contribution in [1.29, 1.82) is 0 Å². The van der Waals surface area contributed by atoms with Gasteiger partial charge in [0.05, 0.1) is 31.0 Å². The van der Waals surface area contributed by atoms with Crippen LogP contribution in [0.2, 0.25) is 0 Å². The molecule has 1 aliphatic rings. The van der Waals surface area contributed by atoms with Crippen LogP contribution in [0.5, 0.6) is 5.75 Å². The number of hydrogen-bond acceptors (Lipinski definition) is 5. The lowest BCUT2D eigenvalue weighted by molar-refractivity contribution is -0.117. The van der Waals surface area contributed by atoms with Crippen molar-refractivity contribution in [2.45, 2.75) is 25.4 Å². The largest absolute Gasteiger partial charge is 0.489 e. The zero-order chi connectivity index (χ0) is 24.5. The second kappa shape index (κ2) is 9.38. The molecule has 1 aromatic heterocycles. The summed E-state index contributed by atoms with van der Waals surface area (Å²) in [4.78, 5) is 21.3. The molecule has 34 heavy (non-hydrogen) atoms. The highest BCUT2D eigenvalue weighted by Crippen LogP contribution is 2.55. The summed E-state index contributed by atoms with van der Waals surface area (Å²) >= 11 is 0. The average Bonchev–Trinajstić information content (AvgIpc) is 3.53. The number of nitrogens with one attached hydrogen (secondary N) is 1. The highest BCUT2D eigenvalue weighted by atomic mass is 19.2. The van der Waals surface area contributed by atoms with Gasteiger partial charge in [0.2, 0.25) is 5.91 Å². The van der Waals surface area contributed by atoms with E-state index in [4.69, 9.17) is 9.47 Å². The van der Waals surface area contributed by atoms with Crippen molar-refractivity contribution in [1.82, 2.24) is 9.97 Å². The topological polar surface area (TPSA) is 73.3 Å². The van der Waals surface area contributed by atoms with Gasteiger partial charge in [-0.3, -0.25) is 4.79 Å². The van der Waals surface area contributed by atoms with Gasteiger partial charge in [-0.05, 0) is 43.2 Å². The lowest BCUT2D eigenvalue weighted by Gasteiger charge is -2.20. The number of anilines is 1. The molecule has 0 radical (unpaired) electrons. The van der Waals surface area contributed by atoms with Crippen LogP contribution in [0.25, 0.3) is 0 Å². The van der Waals surface area contributed by atoms with Crippen LogP contribution in [-0.4, -0.2) is 29.6 Å². The predicted octanol–water partition coefficient (Wildman–Crippen LogP) is 4.46. The first-order chi connectivity index (χ1) is 16.2. The number of amides is 1. The number of halogens is 4. The van der Waals surface area contributed by atoms with Crippen molar-refractivity contribution < 1.29 is 31.8 Å². The molecule has 0 aliphatic heterocycles. The Kier molecular flexibility index (Phi) is 6.52. The molecule has 2 atom stereocenters. The van der Waals surface area contributed by atoms with E-state index in [1.807, 2.05) is 0 Å². The lowest BCUT2D eigenvalue weighted by atomic mass is 9.93. The van der Waals surface area contributed by atoms with E-state index < -0.39 is 40.5 Å². The van der Waals surface area contributed by atoms with Crippen molar-refractivity contribution in [3.63, 3.8) is 0 Å². The molecule has 10 heteroatoms. The van der Waals surface area contributed by atoms with E-state index in [9.17, 15) is 22.4 Å². The van der Waals surface area contributed by atoms with Gasteiger partial charge in [0, 0.05) is 18.6 Å². The van der Waals surface area contributed by atoms with Gasteiger partial charge in [0.25, 0.3) is 0 Å². The third-order valence-electron chi connectivity index (χ3n) is 5.79. The molecule has 3 aromatic rings. The number of nitrogens with zero attached hydrogens (tertiary/aromatic N) is 2. The number of carbonyl (C=O) groups is 1. The molecule has 1 heterocycles. The van der Waals surface area contributed by atoms with Gasteiger partial charge in [-0.1, -0.05) is 6.07 Å². The Hall–Kier alpha value is -3.53. The molecule has 2 unspecified atom stereocenters. The van der Waals surface area contributed by atoms with Gasteiger partial charge in [-0.2, -0.15) is 0 Å². The monoisotopic (exact) mass is 475 g/mol. The Balaban J connectivity index is 1.61. The van der Waals surface area contributed by atoms with Crippen LogP contribution >= 0.6 is 0 Å². The summed E-state index contributed by atoms with van der Waals surface area (Å²) < 4.78 is 65.9. The lowest BCUT2D eigenvalue weighted by Crippen LogP contribution is -2.27. The van der Waals surface area contributed by atoms with Crippen LogP contribution < -0.4 is 10.1 Å². The van der Waals surface area contributed by atoms with Gasteiger partial charge in [-0.25, -0.2) is 27.5 Å². The van der Waals surface area contributed by atoms with Crippen LogP contribution in [-0.2, 0) is 21.6 Å². The quantitative estimate of drug-likeness (QED) is 0.487. The smallest absolute Gasteiger partial charge is 0.228 e. The Morgan fingerprint density at radius 1 is 1.12 bits per heavy atom. The summed E-state index contributed by atoms with van der Waals surface area (Å²) in [6.45, 7) is 1.79. The molecule has 4 rings (SSSR count). The van der Waals surface area contributed by atoms with E-state index in [1.54, 1.807) is 6.92 Å². The second-order valence-corrected chi connectivity index (χ2v) is 8.11. The first-order valence-electron chi connectivity index (χ1n) is 10.4. The summed E-state index contributed by atoms with van der Waals surface area (Å²) in [5, 5.41) is 2.44. The summed E-state index contributed by atoms with van der Waals surface area (Å²) in [5.41, 5.74) is -0.352. The molecule has 2 aromatic carbocycles. The minimum Gasteiger partial charge on any atom is -0.489 e. The minimum absolute atomic E-state index is 0.0782. The maximum absolute atomic E-state index is 14.0. The number of rotatable bonds is 8. The van der Waals surface area contributed by atoms with E-state index in [0.29, 0.717) is 28.9 Å². The van der Waals surface area contributed by atoms with E-state index in [-0.39, 0.29) is 25.3 Å². The number of aromatic nitrogens is 2. The minimum atomic E-state index is -1.06. The van der Waals surface area contributed by atoms with E-state index in [2.05, 4.69) is 15.3 Å². The van der Waals surface area contributed by atoms with E-state index >= 15 is 0 Å². The molecule has 178 valence electrons. The number of carbonyl (C=O) groups excluding carboxylic acids is 1. The zero-order valence-electron chi connectivity index (χ0n) is 18.4. The molecule has 1 N–H and O–H groups in total. The zero-order valence-corrected chi connectivity index (χ0v) is 18.4. The SMILES string of the molecule is COCc1nc(C)ncc1OCC1(c2ccc(F)c(F)c2)CC1C(=O)Nc1ccc(F)cc1F. The predicted molar refractivity (Wildman–Crippen MR) is 114 cm³/mol. The maximum Gasteiger partial charge on any atom is 0.228 e. The average molecular weight is 475 g/mol. The number of benzene rings is 2. The third-order valence-corrected chi connectivity index (χ3v) is 5.79. The highest BCUT2D eigenvalue weighted by molar-refractivity contribution is 5.96. The molecule has 1 saturated carbocycles. The van der Waals surface area contributed by atoms with E-state index in [0.717, 1.165) is 24.3 Å². The normalized spacial score (nSPS) is 19.1. The molecule has 0 bridgehead atoms. The van der Waals surface area contributed by atoms with Crippen LogP contribution in [0.1, 0.15) is 23.5 Å². The van der Waals surface area contributed by atoms with Gasteiger partial charge in [-0.15, -0.1) is 0 Å². The number of hydrogen-bond donors (Lipinski definition) is 1. The Labute approximate surface area is 192 Å². The molecule has 0 saturated heterocycles. The molecule has 0 spiro atoms.